The van der Waals surface area contributed by atoms with E-state index in [1.165, 1.54) is 19.2 Å². The lowest BCUT2D eigenvalue weighted by molar-refractivity contribution is -0.136. The number of ether oxygens (including phenoxy) is 1. The van der Waals surface area contributed by atoms with Gasteiger partial charge in [-0.1, -0.05) is 6.07 Å². The zero-order valence-corrected chi connectivity index (χ0v) is 10.9. The summed E-state index contributed by atoms with van der Waals surface area (Å²) in [6.45, 7) is 0. The minimum Gasteiger partial charge on any atom is -0.494 e. The van der Waals surface area contributed by atoms with E-state index in [2.05, 4.69) is 5.32 Å². The molecule has 0 fully saturated rings. The molecule has 19 heavy (non-hydrogen) atoms. The predicted molar refractivity (Wildman–Crippen MR) is 64.8 cm³/mol. The molecule has 1 unspecified atom stereocenters. The molecule has 0 aromatic heterocycles. The van der Waals surface area contributed by atoms with Gasteiger partial charge < -0.3 is 10.1 Å². The summed E-state index contributed by atoms with van der Waals surface area (Å²) in [5.74, 6) is -0.384. The average molecular weight is 279 g/mol. The van der Waals surface area contributed by atoms with Gasteiger partial charge in [0.1, 0.15) is 0 Å². The number of alkyl halides is 3. The van der Waals surface area contributed by atoms with Crippen molar-refractivity contribution in [2.75, 3.05) is 14.2 Å². The maximum Gasteiger partial charge on any atom is 0.389 e. The van der Waals surface area contributed by atoms with E-state index in [0.717, 1.165) is 0 Å². The number of likely N-dealkylation sites (N-methyl/N-ethyl adjacent to an activating group) is 1. The molecule has 1 rings (SSSR count). The van der Waals surface area contributed by atoms with Gasteiger partial charge in [-0.3, -0.25) is 0 Å². The number of benzene rings is 1. The molecule has 0 amide bonds. The van der Waals surface area contributed by atoms with Crippen molar-refractivity contribution in [3.8, 4) is 5.75 Å². The molecular weight excluding hydrogens is 262 g/mol. The first-order valence-electron chi connectivity index (χ1n) is 5.92. The first-order valence-corrected chi connectivity index (χ1v) is 5.92. The summed E-state index contributed by atoms with van der Waals surface area (Å²) in [7, 11) is 2.96. The Balaban J connectivity index is 2.63. The van der Waals surface area contributed by atoms with Crippen molar-refractivity contribution in [3.05, 3.63) is 29.6 Å². The van der Waals surface area contributed by atoms with E-state index >= 15 is 0 Å². The third-order valence-corrected chi connectivity index (χ3v) is 2.88. The summed E-state index contributed by atoms with van der Waals surface area (Å²) < 4.78 is 54.7. The Hall–Kier alpha value is -1.30. The van der Waals surface area contributed by atoms with Crippen LogP contribution in [-0.2, 0) is 6.42 Å². The number of nitrogens with one attached hydrogen (secondary N) is 1. The highest BCUT2D eigenvalue weighted by molar-refractivity contribution is 5.29. The minimum absolute atomic E-state index is 0.0341. The highest BCUT2D eigenvalue weighted by Gasteiger charge is 2.28. The summed E-state index contributed by atoms with van der Waals surface area (Å²) in [5.41, 5.74) is 0.639. The molecule has 1 aromatic rings. The number of rotatable bonds is 6. The lowest BCUT2D eigenvalue weighted by Gasteiger charge is -2.17. The lowest BCUT2D eigenvalue weighted by atomic mass is 10.0. The Morgan fingerprint density at radius 2 is 2.00 bits per heavy atom. The van der Waals surface area contributed by atoms with Gasteiger partial charge in [0.25, 0.3) is 0 Å². The molecule has 0 aliphatic carbocycles. The highest BCUT2D eigenvalue weighted by atomic mass is 19.4. The van der Waals surface area contributed by atoms with Gasteiger partial charge in [0.05, 0.1) is 7.11 Å². The van der Waals surface area contributed by atoms with E-state index in [1.807, 2.05) is 0 Å². The summed E-state index contributed by atoms with van der Waals surface area (Å²) in [4.78, 5) is 0. The molecule has 1 atom stereocenters. The van der Waals surface area contributed by atoms with Crippen LogP contribution in [0.3, 0.4) is 0 Å². The minimum atomic E-state index is -4.17. The molecule has 0 bridgehead atoms. The van der Waals surface area contributed by atoms with Gasteiger partial charge in [-0.2, -0.15) is 13.2 Å². The van der Waals surface area contributed by atoms with Crippen molar-refractivity contribution in [3.63, 3.8) is 0 Å². The monoisotopic (exact) mass is 279 g/mol. The van der Waals surface area contributed by atoms with Crippen molar-refractivity contribution >= 4 is 0 Å². The van der Waals surface area contributed by atoms with Crippen molar-refractivity contribution in [1.29, 1.82) is 0 Å². The smallest absolute Gasteiger partial charge is 0.389 e. The van der Waals surface area contributed by atoms with Gasteiger partial charge in [-0.25, -0.2) is 4.39 Å². The summed E-state index contributed by atoms with van der Waals surface area (Å²) >= 11 is 0. The Kier molecular flexibility index (Phi) is 5.60. The SMILES string of the molecule is CNC(CCC(F)(F)F)Cc1ccc(OC)c(F)c1. The van der Waals surface area contributed by atoms with E-state index in [0.29, 0.717) is 12.0 Å². The van der Waals surface area contributed by atoms with Crippen molar-refractivity contribution in [2.24, 2.45) is 0 Å². The molecular formula is C13H17F4NO. The number of hydrogen-bond donors (Lipinski definition) is 1. The number of halogens is 4. The van der Waals surface area contributed by atoms with Crippen LogP contribution in [0.25, 0.3) is 0 Å². The van der Waals surface area contributed by atoms with Gasteiger partial charge in [0.15, 0.2) is 11.6 Å². The molecule has 108 valence electrons. The van der Waals surface area contributed by atoms with Crippen LogP contribution in [0.1, 0.15) is 18.4 Å². The molecule has 6 heteroatoms. The van der Waals surface area contributed by atoms with Crippen LogP contribution >= 0.6 is 0 Å². The Bertz CT molecular complexity index is 406. The van der Waals surface area contributed by atoms with E-state index in [1.54, 1.807) is 13.1 Å². The van der Waals surface area contributed by atoms with Crippen LogP contribution in [0.5, 0.6) is 5.75 Å². The van der Waals surface area contributed by atoms with Crippen LogP contribution in [0.15, 0.2) is 18.2 Å². The predicted octanol–water partition coefficient (Wildman–Crippen LogP) is 3.31. The quantitative estimate of drug-likeness (QED) is 0.807. The molecule has 0 radical (unpaired) electrons. The van der Waals surface area contributed by atoms with Crippen LogP contribution in [0.2, 0.25) is 0 Å². The fourth-order valence-electron chi connectivity index (χ4n) is 1.81. The fraction of sp³-hybridized carbons (Fsp3) is 0.538. The van der Waals surface area contributed by atoms with Crippen molar-refractivity contribution < 1.29 is 22.3 Å². The van der Waals surface area contributed by atoms with E-state index in [4.69, 9.17) is 4.74 Å². The van der Waals surface area contributed by atoms with Crippen molar-refractivity contribution in [1.82, 2.24) is 5.32 Å². The van der Waals surface area contributed by atoms with Gasteiger partial charge in [-0.15, -0.1) is 0 Å². The lowest BCUT2D eigenvalue weighted by Crippen LogP contribution is -2.29. The summed E-state index contributed by atoms with van der Waals surface area (Å²) in [6.07, 6.45) is -4.71. The molecule has 1 aromatic carbocycles. The van der Waals surface area contributed by atoms with Gasteiger partial charge >= 0.3 is 6.18 Å². The third kappa shape index (κ3) is 5.46. The number of hydrogen-bond acceptors (Lipinski definition) is 2. The van der Waals surface area contributed by atoms with Gasteiger partial charge in [0.2, 0.25) is 0 Å². The fourth-order valence-corrected chi connectivity index (χ4v) is 1.81. The maximum absolute atomic E-state index is 13.5. The van der Waals surface area contributed by atoms with Gasteiger partial charge in [-0.05, 0) is 37.6 Å². The maximum atomic E-state index is 13.5. The summed E-state index contributed by atoms with van der Waals surface area (Å²) in [6, 6.07) is 4.08. The molecule has 0 aliphatic rings. The second kappa shape index (κ2) is 6.75. The second-order valence-electron chi connectivity index (χ2n) is 4.31. The molecule has 0 heterocycles. The first-order chi connectivity index (χ1) is 8.85. The van der Waals surface area contributed by atoms with E-state index in [-0.39, 0.29) is 18.2 Å². The third-order valence-electron chi connectivity index (χ3n) is 2.88. The zero-order chi connectivity index (χ0) is 14.5. The Labute approximate surface area is 109 Å². The molecule has 0 spiro atoms. The second-order valence-corrected chi connectivity index (χ2v) is 4.31. The summed E-state index contributed by atoms with van der Waals surface area (Å²) in [5, 5.41) is 2.82. The Morgan fingerprint density at radius 1 is 1.32 bits per heavy atom. The van der Waals surface area contributed by atoms with Gasteiger partial charge in [0, 0.05) is 12.5 Å². The van der Waals surface area contributed by atoms with Crippen LogP contribution in [0, 0.1) is 5.82 Å². The molecule has 0 saturated heterocycles. The molecule has 1 N–H and O–H groups in total. The Morgan fingerprint density at radius 3 is 2.47 bits per heavy atom. The van der Waals surface area contributed by atoms with E-state index in [9.17, 15) is 17.6 Å². The zero-order valence-electron chi connectivity index (χ0n) is 10.9. The molecule has 2 nitrogen and oxygen atoms in total. The first kappa shape index (κ1) is 15.8. The normalized spacial score (nSPS) is 13.4. The standard InChI is InChI=1S/C13H17F4NO/c1-18-10(5-6-13(15,16)17)7-9-3-4-12(19-2)11(14)8-9/h3-4,8,10,18H,5-7H2,1-2H3. The topological polar surface area (TPSA) is 21.3 Å². The molecule has 0 aliphatic heterocycles. The van der Waals surface area contributed by atoms with Crippen LogP contribution < -0.4 is 10.1 Å². The van der Waals surface area contributed by atoms with Crippen LogP contribution in [0.4, 0.5) is 17.6 Å². The average Bonchev–Trinajstić information content (AvgIpc) is 2.33. The largest absolute Gasteiger partial charge is 0.494 e. The van der Waals surface area contributed by atoms with Crippen LogP contribution in [-0.4, -0.2) is 26.4 Å². The molecule has 0 saturated carbocycles. The van der Waals surface area contributed by atoms with Crippen molar-refractivity contribution in [2.45, 2.75) is 31.5 Å². The number of methoxy groups -OCH3 is 1. The highest BCUT2D eigenvalue weighted by Crippen LogP contribution is 2.24. The van der Waals surface area contributed by atoms with E-state index < -0.39 is 18.4 Å².